The van der Waals surface area contributed by atoms with Crippen molar-refractivity contribution in [1.29, 1.82) is 0 Å². The molecule has 36 heavy (non-hydrogen) atoms. The maximum atomic E-state index is 12.6. The number of hydrogen-bond donors (Lipinski definition) is 2. The summed E-state index contributed by atoms with van der Waals surface area (Å²) in [5, 5.41) is 18.9. The minimum atomic E-state index is -0.506. The van der Waals surface area contributed by atoms with Crippen LogP contribution in [0.2, 0.25) is 0 Å². The van der Waals surface area contributed by atoms with Gasteiger partial charge in [-0.2, -0.15) is 0 Å². The lowest BCUT2D eigenvalue weighted by atomic mass is 9.92. The third-order valence-corrected chi connectivity index (χ3v) is 5.87. The van der Waals surface area contributed by atoms with Gasteiger partial charge in [0.05, 0.1) is 11.1 Å². The monoisotopic (exact) mass is 482 g/mol. The molecule has 0 aliphatic rings. The molecular weight excluding hydrogens is 456 g/mol. The van der Waals surface area contributed by atoms with E-state index in [0.717, 1.165) is 33.4 Å². The Labute approximate surface area is 209 Å². The molecule has 0 unspecified atom stereocenters. The topological polar surface area (TPSA) is 93.1 Å². The molecule has 4 rings (SSSR count). The van der Waals surface area contributed by atoms with Crippen LogP contribution in [0.4, 0.5) is 0 Å². The molecule has 0 atom stereocenters. The Hall–Kier alpha value is -4.58. The quantitative estimate of drug-likeness (QED) is 0.251. The van der Waals surface area contributed by atoms with E-state index >= 15 is 0 Å². The number of benzene rings is 4. The molecule has 0 aliphatic heterocycles. The fourth-order valence-corrected chi connectivity index (χ4v) is 4.21. The van der Waals surface area contributed by atoms with Crippen molar-refractivity contribution in [2.24, 2.45) is 0 Å². The zero-order valence-corrected chi connectivity index (χ0v) is 20.5. The summed E-state index contributed by atoms with van der Waals surface area (Å²) in [5.41, 5.74) is 6.11. The molecular formula is C30H26O6. The molecule has 0 heterocycles. The molecule has 0 radical (unpaired) electrons. The first-order valence-electron chi connectivity index (χ1n) is 11.4. The fourth-order valence-electron chi connectivity index (χ4n) is 4.21. The van der Waals surface area contributed by atoms with Gasteiger partial charge in [-0.1, -0.05) is 0 Å². The minimum Gasteiger partial charge on any atom is -0.508 e. The van der Waals surface area contributed by atoms with Crippen molar-refractivity contribution in [3.8, 4) is 34.1 Å². The van der Waals surface area contributed by atoms with Gasteiger partial charge in [-0.05, 0) is 134 Å². The van der Waals surface area contributed by atoms with Gasteiger partial charge in [0.15, 0.2) is 0 Å². The first kappa shape index (κ1) is 24.5. The van der Waals surface area contributed by atoms with Crippen LogP contribution in [0.1, 0.15) is 43.0 Å². The molecule has 0 spiro atoms. The first-order valence-corrected chi connectivity index (χ1v) is 11.4. The highest BCUT2D eigenvalue weighted by Crippen LogP contribution is 2.36. The molecule has 182 valence electrons. The van der Waals surface area contributed by atoms with Gasteiger partial charge in [0, 0.05) is 0 Å². The third-order valence-electron chi connectivity index (χ3n) is 5.87. The molecule has 0 saturated carbocycles. The molecule has 4 aromatic rings. The summed E-state index contributed by atoms with van der Waals surface area (Å²) >= 11 is 0. The molecule has 0 amide bonds. The number of phenolic OH excluding ortho intramolecular Hbond substituents is 2. The third kappa shape index (κ3) is 5.23. The average Bonchev–Trinajstić information content (AvgIpc) is 2.81. The van der Waals surface area contributed by atoms with Gasteiger partial charge in [-0.3, -0.25) is 0 Å². The number of carbonyl (C=O) groups excluding carboxylic acids is 2. The van der Waals surface area contributed by atoms with Crippen molar-refractivity contribution in [3.63, 3.8) is 0 Å². The van der Waals surface area contributed by atoms with Crippen molar-refractivity contribution >= 4 is 11.9 Å². The second-order valence-electron chi connectivity index (χ2n) is 8.74. The van der Waals surface area contributed by atoms with Crippen LogP contribution in [-0.4, -0.2) is 22.2 Å². The summed E-state index contributed by atoms with van der Waals surface area (Å²) < 4.78 is 11.2. The fraction of sp³-hybridized carbons (Fsp3) is 0.133. The van der Waals surface area contributed by atoms with E-state index in [2.05, 4.69) is 0 Å². The van der Waals surface area contributed by atoms with Crippen LogP contribution in [0.3, 0.4) is 0 Å². The van der Waals surface area contributed by atoms with E-state index in [1.54, 1.807) is 0 Å². The highest BCUT2D eigenvalue weighted by atomic mass is 16.5. The summed E-state index contributed by atoms with van der Waals surface area (Å²) in [6.07, 6.45) is 0. The van der Waals surface area contributed by atoms with E-state index in [9.17, 15) is 19.8 Å². The average molecular weight is 483 g/mol. The second-order valence-corrected chi connectivity index (χ2v) is 8.74. The van der Waals surface area contributed by atoms with Crippen LogP contribution in [0.25, 0.3) is 11.1 Å². The normalized spacial score (nSPS) is 10.7. The van der Waals surface area contributed by atoms with E-state index in [-0.39, 0.29) is 11.5 Å². The maximum Gasteiger partial charge on any atom is 0.343 e. The second kappa shape index (κ2) is 9.96. The molecule has 6 heteroatoms. The van der Waals surface area contributed by atoms with Gasteiger partial charge in [-0.25, -0.2) is 9.59 Å². The lowest BCUT2D eigenvalue weighted by Crippen LogP contribution is -2.10. The number of aromatic hydroxyl groups is 2. The van der Waals surface area contributed by atoms with Crippen molar-refractivity contribution in [3.05, 3.63) is 106 Å². The minimum absolute atomic E-state index is 0.0781. The van der Waals surface area contributed by atoms with Crippen molar-refractivity contribution < 1.29 is 29.3 Å². The lowest BCUT2D eigenvalue weighted by molar-refractivity contribution is 0.0723. The number of carbonyl (C=O) groups is 2. The SMILES string of the molecule is Cc1cc(-c2c(C)cc(OC(=O)c3ccc(O)cc3)cc2C)cc(C)c1OC(=O)c1ccc(O)cc1. The molecule has 0 saturated heterocycles. The zero-order chi connectivity index (χ0) is 26.0. The van der Waals surface area contributed by atoms with E-state index < -0.39 is 11.9 Å². The number of hydrogen-bond acceptors (Lipinski definition) is 6. The summed E-state index contributed by atoms with van der Waals surface area (Å²) in [4.78, 5) is 25.1. The van der Waals surface area contributed by atoms with Gasteiger partial charge < -0.3 is 19.7 Å². The Morgan fingerprint density at radius 1 is 0.583 bits per heavy atom. The molecule has 0 aliphatic carbocycles. The summed E-state index contributed by atoms with van der Waals surface area (Å²) in [7, 11) is 0. The maximum absolute atomic E-state index is 12.6. The summed E-state index contributed by atoms with van der Waals surface area (Å²) in [5.74, 6) is 0.0740. The van der Waals surface area contributed by atoms with E-state index in [1.807, 2.05) is 52.0 Å². The highest BCUT2D eigenvalue weighted by molar-refractivity contribution is 5.92. The largest absolute Gasteiger partial charge is 0.508 e. The van der Waals surface area contributed by atoms with Gasteiger partial charge in [0.1, 0.15) is 23.0 Å². The highest BCUT2D eigenvalue weighted by Gasteiger charge is 2.17. The van der Waals surface area contributed by atoms with E-state index in [0.29, 0.717) is 22.6 Å². The van der Waals surface area contributed by atoms with Crippen molar-refractivity contribution in [2.45, 2.75) is 27.7 Å². The summed E-state index contributed by atoms with van der Waals surface area (Å²) in [6.45, 7) is 7.66. The Balaban J connectivity index is 1.58. The zero-order valence-electron chi connectivity index (χ0n) is 20.5. The van der Waals surface area contributed by atoms with Crippen LogP contribution < -0.4 is 9.47 Å². The number of rotatable bonds is 5. The Morgan fingerprint density at radius 2 is 1.00 bits per heavy atom. The van der Waals surface area contributed by atoms with Crippen molar-refractivity contribution in [2.75, 3.05) is 0 Å². The smallest absolute Gasteiger partial charge is 0.343 e. The number of phenols is 2. The Morgan fingerprint density at radius 3 is 1.44 bits per heavy atom. The summed E-state index contributed by atoms with van der Waals surface area (Å²) in [6, 6.07) is 19.3. The standard InChI is InChI=1S/C30H26O6/c1-17-15-26(35-29(33)21-5-9-24(31)10-6-21)16-18(2)27(17)23-13-19(3)28(20(4)14-23)36-30(34)22-7-11-25(32)12-8-22/h5-16,31-32H,1-4H3. The van der Waals surface area contributed by atoms with E-state index in [4.69, 9.17) is 9.47 Å². The molecule has 4 aromatic carbocycles. The Bertz CT molecular complexity index is 1400. The lowest BCUT2D eigenvalue weighted by Gasteiger charge is -2.17. The molecule has 0 fully saturated rings. The van der Waals surface area contributed by atoms with Crippen LogP contribution >= 0.6 is 0 Å². The number of esters is 2. The van der Waals surface area contributed by atoms with Gasteiger partial charge in [-0.15, -0.1) is 0 Å². The van der Waals surface area contributed by atoms with Crippen LogP contribution in [0.15, 0.2) is 72.8 Å². The molecule has 2 N–H and O–H groups in total. The molecule has 0 aromatic heterocycles. The van der Waals surface area contributed by atoms with E-state index in [1.165, 1.54) is 48.5 Å². The van der Waals surface area contributed by atoms with Gasteiger partial charge in [0.2, 0.25) is 0 Å². The predicted octanol–water partition coefficient (Wildman–Crippen LogP) is 6.44. The Kier molecular flexibility index (Phi) is 6.79. The van der Waals surface area contributed by atoms with Crippen molar-refractivity contribution in [1.82, 2.24) is 0 Å². The van der Waals surface area contributed by atoms with Crippen LogP contribution in [0, 0.1) is 27.7 Å². The first-order chi connectivity index (χ1) is 17.1. The molecule has 0 bridgehead atoms. The number of ether oxygens (including phenoxy) is 2. The number of aryl methyl sites for hydroxylation is 4. The van der Waals surface area contributed by atoms with Crippen LogP contribution in [0.5, 0.6) is 23.0 Å². The van der Waals surface area contributed by atoms with Gasteiger partial charge in [0.25, 0.3) is 0 Å². The van der Waals surface area contributed by atoms with Gasteiger partial charge >= 0.3 is 11.9 Å². The predicted molar refractivity (Wildman–Crippen MR) is 137 cm³/mol. The van der Waals surface area contributed by atoms with Crippen LogP contribution in [-0.2, 0) is 0 Å². The molecule has 6 nitrogen and oxygen atoms in total.